The molecule has 8 N–H and O–H groups in total. The van der Waals surface area contributed by atoms with E-state index in [0.717, 1.165) is 19.4 Å². The lowest BCUT2D eigenvalue weighted by molar-refractivity contribution is -0.129. The van der Waals surface area contributed by atoms with Crippen molar-refractivity contribution in [2.24, 2.45) is 22.2 Å². The molecule has 0 spiro atoms. The minimum absolute atomic E-state index is 0.00792. The Kier molecular flexibility index (Phi) is 7.10. The van der Waals surface area contributed by atoms with Crippen molar-refractivity contribution in [3.63, 3.8) is 0 Å². The van der Waals surface area contributed by atoms with Gasteiger partial charge in [-0.3, -0.25) is 14.6 Å². The van der Waals surface area contributed by atoms with E-state index in [4.69, 9.17) is 17.2 Å². The number of nitrogens with zero attached hydrogens (tertiary/aromatic N) is 1. The summed E-state index contributed by atoms with van der Waals surface area (Å²) in [5.74, 6) is -0.289. The predicted molar refractivity (Wildman–Crippen MR) is 81.5 cm³/mol. The fourth-order valence-electron chi connectivity index (χ4n) is 2.27. The molecule has 0 aromatic heterocycles. The van der Waals surface area contributed by atoms with Gasteiger partial charge in [-0.05, 0) is 39.2 Å². The summed E-state index contributed by atoms with van der Waals surface area (Å²) < 4.78 is 0. The first kappa shape index (κ1) is 17.4. The molecule has 1 heterocycles. The highest BCUT2D eigenvalue weighted by Gasteiger charge is 2.28. The van der Waals surface area contributed by atoms with E-state index in [0.29, 0.717) is 19.4 Å². The molecule has 120 valence electrons. The Hall–Kier alpha value is -1.67. The van der Waals surface area contributed by atoms with Crippen molar-refractivity contribution >= 4 is 17.6 Å². The molecule has 1 rings (SSSR count). The van der Waals surface area contributed by atoms with Gasteiger partial charge < -0.3 is 27.8 Å². The zero-order valence-electron chi connectivity index (χ0n) is 12.5. The molecule has 1 aliphatic rings. The molecule has 1 amide bonds. The van der Waals surface area contributed by atoms with Crippen molar-refractivity contribution in [3.05, 3.63) is 0 Å². The van der Waals surface area contributed by atoms with Crippen molar-refractivity contribution in [1.29, 1.82) is 0 Å². The number of ketones is 1. The molecule has 21 heavy (non-hydrogen) atoms. The van der Waals surface area contributed by atoms with Crippen LogP contribution < -0.4 is 27.8 Å². The van der Waals surface area contributed by atoms with Gasteiger partial charge >= 0.3 is 0 Å². The second-order valence-electron chi connectivity index (χ2n) is 5.34. The van der Waals surface area contributed by atoms with E-state index in [-0.39, 0.29) is 23.7 Å². The van der Waals surface area contributed by atoms with Gasteiger partial charge in [0.1, 0.15) is 0 Å². The van der Waals surface area contributed by atoms with Crippen LogP contribution >= 0.6 is 0 Å². The summed E-state index contributed by atoms with van der Waals surface area (Å²) in [5.41, 5.74) is 16.2. The molecule has 1 fully saturated rings. The minimum atomic E-state index is -0.661. The van der Waals surface area contributed by atoms with Crippen LogP contribution in [0.15, 0.2) is 4.99 Å². The van der Waals surface area contributed by atoms with Crippen LogP contribution in [-0.2, 0) is 9.59 Å². The topological polar surface area (TPSA) is 149 Å². The van der Waals surface area contributed by atoms with E-state index in [1.165, 1.54) is 0 Å². The molecule has 0 saturated carbocycles. The maximum absolute atomic E-state index is 12.1. The number of carbonyl (C=O) groups is 2. The molecule has 0 radical (unpaired) electrons. The molecule has 8 heteroatoms. The molecular weight excluding hydrogens is 272 g/mol. The third kappa shape index (κ3) is 6.09. The van der Waals surface area contributed by atoms with Crippen LogP contribution in [0.3, 0.4) is 0 Å². The Labute approximate surface area is 124 Å². The Bertz CT molecular complexity index is 388. The number of hydrogen-bond acceptors (Lipinski definition) is 5. The van der Waals surface area contributed by atoms with Crippen LogP contribution in [-0.4, -0.2) is 48.9 Å². The monoisotopic (exact) mass is 298 g/mol. The Morgan fingerprint density at radius 3 is 2.71 bits per heavy atom. The van der Waals surface area contributed by atoms with Gasteiger partial charge in [-0.2, -0.15) is 0 Å². The molecule has 0 aliphatic carbocycles. The lowest BCUT2D eigenvalue weighted by atomic mass is 10.0. The molecular formula is C13H26N6O2. The SMILES string of the molecule is CC(NC(=O)[C@@H](N)CCCN=C(N)N)C(=O)[C@@H]1CCCN1. The van der Waals surface area contributed by atoms with E-state index >= 15 is 0 Å². The summed E-state index contributed by atoms with van der Waals surface area (Å²) in [4.78, 5) is 27.8. The molecule has 1 unspecified atom stereocenters. The number of carbonyl (C=O) groups excluding carboxylic acids is 2. The van der Waals surface area contributed by atoms with Crippen LogP contribution in [0, 0.1) is 0 Å². The third-order valence-corrected chi connectivity index (χ3v) is 3.49. The highest BCUT2D eigenvalue weighted by atomic mass is 16.2. The van der Waals surface area contributed by atoms with Crippen molar-refractivity contribution in [2.75, 3.05) is 13.1 Å². The largest absolute Gasteiger partial charge is 0.370 e. The summed E-state index contributed by atoms with van der Waals surface area (Å²) in [7, 11) is 0. The predicted octanol–water partition coefficient (Wildman–Crippen LogP) is -1.81. The molecule has 0 bridgehead atoms. The molecule has 0 aromatic rings. The number of rotatable bonds is 8. The van der Waals surface area contributed by atoms with E-state index in [1.54, 1.807) is 6.92 Å². The number of hydrogen-bond donors (Lipinski definition) is 5. The molecule has 1 saturated heterocycles. The van der Waals surface area contributed by atoms with Gasteiger partial charge in [-0.15, -0.1) is 0 Å². The first-order chi connectivity index (χ1) is 9.91. The summed E-state index contributed by atoms with van der Waals surface area (Å²) in [5, 5.41) is 5.79. The minimum Gasteiger partial charge on any atom is -0.370 e. The maximum Gasteiger partial charge on any atom is 0.237 e. The molecule has 8 nitrogen and oxygen atoms in total. The zero-order valence-corrected chi connectivity index (χ0v) is 12.5. The van der Waals surface area contributed by atoms with Crippen LogP contribution in [0.2, 0.25) is 0 Å². The fraction of sp³-hybridized carbons (Fsp3) is 0.769. The Morgan fingerprint density at radius 1 is 1.43 bits per heavy atom. The first-order valence-electron chi connectivity index (χ1n) is 7.30. The first-order valence-corrected chi connectivity index (χ1v) is 7.30. The van der Waals surface area contributed by atoms with Crippen molar-refractivity contribution in [1.82, 2.24) is 10.6 Å². The maximum atomic E-state index is 12.1. The van der Waals surface area contributed by atoms with E-state index in [1.807, 2.05) is 0 Å². The highest BCUT2D eigenvalue weighted by molar-refractivity contribution is 5.93. The molecule has 1 aliphatic heterocycles. The van der Waals surface area contributed by atoms with Gasteiger partial charge in [0.05, 0.1) is 18.1 Å². The number of guanidine groups is 1. The van der Waals surface area contributed by atoms with Crippen LogP contribution in [0.4, 0.5) is 0 Å². The van der Waals surface area contributed by atoms with Crippen molar-refractivity contribution in [2.45, 2.75) is 50.7 Å². The van der Waals surface area contributed by atoms with E-state index in [2.05, 4.69) is 15.6 Å². The standard InChI is InChI=1S/C13H26N6O2/c1-8(11(20)10-5-3-6-17-10)19-12(21)9(14)4-2-7-18-13(15)16/h8-10,17H,2-7,14H2,1H3,(H,19,21)(H4,15,16,18)/t8?,9-,10-/m0/s1. The number of nitrogens with two attached hydrogens (primary N) is 3. The van der Waals surface area contributed by atoms with Crippen LogP contribution in [0.25, 0.3) is 0 Å². The number of amides is 1. The number of nitrogens with one attached hydrogen (secondary N) is 2. The lowest BCUT2D eigenvalue weighted by Gasteiger charge is -2.19. The second kappa shape index (κ2) is 8.58. The van der Waals surface area contributed by atoms with Gasteiger partial charge in [0.25, 0.3) is 0 Å². The van der Waals surface area contributed by atoms with Gasteiger partial charge in [-0.1, -0.05) is 0 Å². The van der Waals surface area contributed by atoms with Gasteiger partial charge in [0.2, 0.25) is 5.91 Å². The van der Waals surface area contributed by atoms with Gasteiger partial charge in [0, 0.05) is 6.54 Å². The van der Waals surface area contributed by atoms with Crippen molar-refractivity contribution in [3.8, 4) is 0 Å². The van der Waals surface area contributed by atoms with Gasteiger partial charge in [-0.25, -0.2) is 0 Å². The zero-order chi connectivity index (χ0) is 15.8. The summed E-state index contributed by atoms with van der Waals surface area (Å²) >= 11 is 0. The van der Waals surface area contributed by atoms with Crippen molar-refractivity contribution < 1.29 is 9.59 Å². The quantitative estimate of drug-likeness (QED) is 0.203. The molecule has 3 atom stereocenters. The normalized spacial score (nSPS) is 20.6. The number of aliphatic imine (C=N–C) groups is 1. The lowest BCUT2D eigenvalue weighted by Crippen LogP contribution is -2.50. The third-order valence-electron chi connectivity index (χ3n) is 3.49. The summed E-state index contributed by atoms with van der Waals surface area (Å²) in [6, 6.07) is -1.35. The van der Waals surface area contributed by atoms with E-state index in [9.17, 15) is 9.59 Å². The molecule has 0 aromatic carbocycles. The van der Waals surface area contributed by atoms with Crippen LogP contribution in [0.1, 0.15) is 32.6 Å². The summed E-state index contributed by atoms with van der Waals surface area (Å²) in [6.07, 6.45) is 2.88. The smallest absolute Gasteiger partial charge is 0.237 e. The van der Waals surface area contributed by atoms with E-state index < -0.39 is 12.1 Å². The fourth-order valence-corrected chi connectivity index (χ4v) is 2.27. The van der Waals surface area contributed by atoms with Crippen LogP contribution in [0.5, 0.6) is 0 Å². The number of Topliss-reactive ketones (excluding diaryl/α,β-unsaturated/α-hetero) is 1. The Morgan fingerprint density at radius 2 is 2.14 bits per heavy atom. The summed E-state index contributed by atoms with van der Waals surface area (Å²) in [6.45, 7) is 2.97. The average Bonchev–Trinajstić information content (AvgIpc) is 2.96. The second-order valence-corrected chi connectivity index (χ2v) is 5.34. The van der Waals surface area contributed by atoms with Gasteiger partial charge in [0.15, 0.2) is 11.7 Å². The average molecular weight is 298 g/mol. The highest BCUT2D eigenvalue weighted by Crippen LogP contribution is 2.08. The Balaban J connectivity index is 2.30.